The van der Waals surface area contributed by atoms with Crippen molar-refractivity contribution >= 4 is 17.5 Å². The predicted octanol–water partition coefficient (Wildman–Crippen LogP) is 2.24. The number of hydrogen-bond acceptors (Lipinski definition) is 2. The molecule has 5 heteroatoms. The zero-order chi connectivity index (χ0) is 13.8. The zero-order valence-corrected chi connectivity index (χ0v) is 11.7. The van der Waals surface area contributed by atoms with Crippen molar-refractivity contribution in [1.29, 1.82) is 0 Å². The van der Waals surface area contributed by atoms with Gasteiger partial charge in [0.25, 0.3) is 0 Å². The van der Waals surface area contributed by atoms with E-state index >= 15 is 0 Å². The highest BCUT2D eigenvalue weighted by molar-refractivity contribution is 6.31. The summed E-state index contributed by atoms with van der Waals surface area (Å²) >= 11 is 6.03. The lowest BCUT2D eigenvalue weighted by molar-refractivity contribution is -0.120. The van der Waals surface area contributed by atoms with Gasteiger partial charge in [0.1, 0.15) is 0 Å². The summed E-state index contributed by atoms with van der Waals surface area (Å²) in [5, 5.41) is 7.74. The predicted molar refractivity (Wildman–Crippen MR) is 74.9 cm³/mol. The Hall–Kier alpha value is -1.81. The van der Waals surface area contributed by atoms with E-state index in [9.17, 15) is 4.79 Å². The number of amides is 1. The number of carbonyl (C=O) groups excluding carboxylic acids is 1. The van der Waals surface area contributed by atoms with Crippen LogP contribution in [0.25, 0.3) is 0 Å². The molecule has 1 N–H and O–H groups in total. The summed E-state index contributed by atoms with van der Waals surface area (Å²) < 4.78 is 1.73. The fourth-order valence-electron chi connectivity index (χ4n) is 1.89. The van der Waals surface area contributed by atoms with Crippen LogP contribution in [-0.2, 0) is 24.8 Å². The first-order valence-corrected chi connectivity index (χ1v) is 6.43. The lowest BCUT2D eigenvalue weighted by Gasteiger charge is -2.07. The van der Waals surface area contributed by atoms with Crippen molar-refractivity contribution in [1.82, 2.24) is 15.1 Å². The van der Waals surface area contributed by atoms with E-state index < -0.39 is 0 Å². The highest BCUT2D eigenvalue weighted by Gasteiger charge is 2.08. The number of carbonyl (C=O) groups is 1. The summed E-state index contributed by atoms with van der Waals surface area (Å²) in [6, 6.07) is 9.39. The number of nitrogens with one attached hydrogen (secondary N) is 1. The van der Waals surface area contributed by atoms with Crippen molar-refractivity contribution < 1.29 is 4.79 Å². The molecule has 0 aliphatic heterocycles. The van der Waals surface area contributed by atoms with Crippen LogP contribution in [0.2, 0.25) is 5.02 Å². The second kappa shape index (κ2) is 5.89. The zero-order valence-electron chi connectivity index (χ0n) is 11.0. The smallest absolute Gasteiger partial charge is 0.226 e. The monoisotopic (exact) mass is 277 g/mol. The standard InChI is InChI=1S/C14H16ClN3O/c1-10-7-12(18(2)17-10)8-14(19)16-9-11-5-3-4-6-13(11)15/h3-7H,8-9H2,1-2H3,(H,16,19). The van der Waals surface area contributed by atoms with Gasteiger partial charge in [-0.05, 0) is 24.6 Å². The van der Waals surface area contributed by atoms with Crippen LogP contribution in [0.15, 0.2) is 30.3 Å². The van der Waals surface area contributed by atoms with Crippen molar-refractivity contribution in [3.63, 3.8) is 0 Å². The molecule has 4 nitrogen and oxygen atoms in total. The Bertz CT molecular complexity index is 592. The van der Waals surface area contributed by atoms with E-state index in [1.54, 1.807) is 4.68 Å². The largest absolute Gasteiger partial charge is 0.352 e. The molecular weight excluding hydrogens is 262 g/mol. The Kier molecular flexibility index (Phi) is 4.22. The van der Waals surface area contributed by atoms with Gasteiger partial charge in [0.05, 0.1) is 12.1 Å². The molecule has 0 saturated heterocycles. The molecule has 1 heterocycles. The Labute approximate surface area is 117 Å². The molecular formula is C14H16ClN3O. The van der Waals surface area contributed by atoms with Gasteiger partial charge < -0.3 is 5.32 Å². The van der Waals surface area contributed by atoms with E-state index in [0.29, 0.717) is 18.0 Å². The van der Waals surface area contributed by atoms with Crippen molar-refractivity contribution in [2.75, 3.05) is 0 Å². The summed E-state index contributed by atoms with van der Waals surface area (Å²) in [7, 11) is 1.84. The third-order valence-corrected chi connectivity index (χ3v) is 3.24. The Balaban J connectivity index is 1.92. The van der Waals surface area contributed by atoms with Crippen molar-refractivity contribution in [3.8, 4) is 0 Å². The van der Waals surface area contributed by atoms with Gasteiger partial charge in [-0.3, -0.25) is 9.48 Å². The molecule has 0 bridgehead atoms. The topological polar surface area (TPSA) is 46.9 Å². The maximum atomic E-state index is 11.9. The number of halogens is 1. The number of nitrogens with zero attached hydrogens (tertiary/aromatic N) is 2. The number of benzene rings is 1. The Morgan fingerprint density at radius 1 is 1.42 bits per heavy atom. The minimum absolute atomic E-state index is 0.0390. The molecule has 0 spiro atoms. The average molecular weight is 278 g/mol. The Morgan fingerprint density at radius 2 is 2.16 bits per heavy atom. The third kappa shape index (κ3) is 3.58. The second-order valence-electron chi connectivity index (χ2n) is 4.45. The van der Waals surface area contributed by atoms with Gasteiger partial charge in [-0.25, -0.2) is 0 Å². The molecule has 1 aromatic heterocycles. The summed E-state index contributed by atoms with van der Waals surface area (Å²) in [5.41, 5.74) is 2.73. The van der Waals surface area contributed by atoms with E-state index in [4.69, 9.17) is 11.6 Å². The maximum Gasteiger partial charge on any atom is 0.226 e. The van der Waals surface area contributed by atoms with Crippen LogP contribution in [0.4, 0.5) is 0 Å². The lowest BCUT2D eigenvalue weighted by atomic mass is 10.2. The van der Waals surface area contributed by atoms with Crippen LogP contribution < -0.4 is 5.32 Å². The summed E-state index contributed by atoms with van der Waals surface area (Å²) in [6.07, 6.45) is 0.321. The summed E-state index contributed by atoms with van der Waals surface area (Å²) in [5.74, 6) is -0.0390. The number of hydrogen-bond donors (Lipinski definition) is 1. The van der Waals surface area contributed by atoms with Gasteiger partial charge in [0.15, 0.2) is 0 Å². The Morgan fingerprint density at radius 3 is 2.79 bits per heavy atom. The lowest BCUT2D eigenvalue weighted by Crippen LogP contribution is -2.25. The van der Waals surface area contributed by atoms with Gasteiger partial charge >= 0.3 is 0 Å². The minimum Gasteiger partial charge on any atom is -0.352 e. The molecule has 0 aliphatic rings. The second-order valence-corrected chi connectivity index (χ2v) is 4.85. The molecule has 100 valence electrons. The third-order valence-electron chi connectivity index (χ3n) is 2.87. The van der Waals surface area contributed by atoms with Crippen molar-refractivity contribution in [2.24, 2.45) is 7.05 Å². The van der Waals surface area contributed by atoms with Crippen LogP contribution >= 0.6 is 11.6 Å². The van der Waals surface area contributed by atoms with E-state index in [2.05, 4.69) is 10.4 Å². The molecule has 1 aromatic carbocycles. The molecule has 0 aliphatic carbocycles. The minimum atomic E-state index is -0.0390. The molecule has 2 aromatic rings. The summed E-state index contributed by atoms with van der Waals surface area (Å²) in [4.78, 5) is 11.9. The van der Waals surface area contributed by atoms with Crippen molar-refractivity contribution in [3.05, 3.63) is 52.3 Å². The van der Waals surface area contributed by atoms with E-state index in [1.807, 2.05) is 44.3 Å². The SMILES string of the molecule is Cc1cc(CC(=O)NCc2ccccc2Cl)n(C)n1. The van der Waals surface area contributed by atoms with E-state index in [-0.39, 0.29) is 5.91 Å². The van der Waals surface area contributed by atoms with Crippen LogP contribution in [0, 0.1) is 6.92 Å². The average Bonchev–Trinajstić information content (AvgIpc) is 2.67. The number of aromatic nitrogens is 2. The fourth-order valence-corrected chi connectivity index (χ4v) is 2.09. The first-order valence-electron chi connectivity index (χ1n) is 6.06. The van der Waals surface area contributed by atoms with Crippen LogP contribution in [0.3, 0.4) is 0 Å². The van der Waals surface area contributed by atoms with E-state index in [0.717, 1.165) is 17.0 Å². The molecule has 0 radical (unpaired) electrons. The van der Waals surface area contributed by atoms with Gasteiger partial charge in [-0.2, -0.15) is 5.10 Å². The number of rotatable bonds is 4. The number of aryl methyl sites for hydroxylation is 2. The van der Waals surface area contributed by atoms with Gasteiger partial charge in [-0.1, -0.05) is 29.8 Å². The molecule has 1 amide bonds. The first-order chi connectivity index (χ1) is 9.06. The van der Waals surface area contributed by atoms with Crippen LogP contribution in [-0.4, -0.2) is 15.7 Å². The quantitative estimate of drug-likeness (QED) is 0.932. The van der Waals surface area contributed by atoms with Gasteiger partial charge in [0.2, 0.25) is 5.91 Å². The molecule has 2 rings (SSSR count). The molecule has 0 atom stereocenters. The first kappa shape index (κ1) is 13.6. The molecule has 0 unspecified atom stereocenters. The summed E-state index contributed by atoms with van der Waals surface area (Å²) in [6.45, 7) is 2.35. The highest BCUT2D eigenvalue weighted by atomic mass is 35.5. The van der Waals surface area contributed by atoms with Crippen LogP contribution in [0.1, 0.15) is 17.0 Å². The highest BCUT2D eigenvalue weighted by Crippen LogP contribution is 2.14. The van der Waals surface area contributed by atoms with Gasteiger partial charge in [-0.15, -0.1) is 0 Å². The van der Waals surface area contributed by atoms with Gasteiger partial charge in [0, 0.05) is 24.3 Å². The van der Waals surface area contributed by atoms with E-state index in [1.165, 1.54) is 0 Å². The molecule has 19 heavy (non-hydrogen) atoms. The normalized spacial score (nSPS) is 10.5. The van der Waals surface area contributed by atoms with Crippen LogP contribution in [0.5, 0.6) is 0 Å². The molecule has 0 fully saturated rings. The molecule has 0 saturated carbocycles. The maximum absolute atomic E-state index is 11.9. The fraction of sp³-hybridized carbons (Fsp3) is 0.286. The van der Waals surface area contributed by atoms with Crippen molar-refractivity contribution in [2.45, 2.75) is 19.9 Å².